The fraction of sp³-hybridized carbons (Fsp3) is 0.300. The smallest absolute Gasteiger partial charge is 0.254 e. The van der Waals surface area contributed by atoms with Crippen molar-refractivity contribution in [2.75, 3.05) is 29.9 Å². The lowest BCUT2D eigenvalue weighted by Gasteiger charge is -2.19. The number of likely N-dealkylation sites (tertiary alicyclic amines) is 1. The Bertz CT molecular complexity index is 931. The van der Waals surface area contributed by atoms with Crippen molar-refractivity contribution in [3.63, 3.8) is 0 Å². The number of nitrogens with zero attached hydrogens (tertiary/aromatic N) is 4. The van der Waals surface area contributed by atoms with Crippen LogP contribution < -0.4 is 10.2 Å². The summed E-state index contributed by atoms with van der Waals surface area (Å²) in [4.78, 5) is 36.8. The highest BCUT2D eigenvalue weighted by molar-refractivity contribution is 6.30. The highest BCUT2D eigenvalue weighted by Crippen LogP contribution is 2.30. The maximum atomic E-state index is 13.0. The van der Waals surface area contributed by atoms with Crippen LogP contribution in [-0.2, 0) is 11.2 Å². The number of halogens is 1. The molecule has 2 amide bonds. The molecule has 1 saturated heterocycles. The summed E-state index contributed by atoms with van der Waals surface area (Å²) in [6, 6.07) is 5.67. The van der Waals surface area contributed by atoms with Crippen molar-refractivity contribution in [1.29, 1.82) is 0 Å². The zero-order chi connectivity index (χ0) is 19.7. The molecule has 7 nitrogen and oxygen atoms in total. The van der Waals surface area contributed by atoms with Crippen LogP contribution in [0.25, 0.3) is 0 Å². The number of hydrogen-bond acceptors (Lipinski definition) is 5. The van der Waals surface area contributed by atoms with Crippen LogP contribution in [0.15, 0.2) is 43.2 Å². The van der Waals surface area contributed by atoms with Crippen molar-refractivity contribution in [3.8, 4) is 0 Å². The van der Waals surface area contributed by atoms with Gasteiger partial charge in [0.15, 0.2) is 0 Å². The molecular formula is C20H20ClN5O2. The summed E-state index contributed by atoms with van der Waals surface area (Å²) in [5.41, 5.74) is 2.47. The highest BCUT2D eigenvalue weighted by atomic mass is 35.5. The molecule has 3 heterocycles. The van der Waals surface area contributed by atoms with E-state index in [0.29, 0.717) is 36.2 Å². The minimum absolute atomic E-state index is 0.0398. The molecule has 1 aromatic heterocycles. The number of carbonyl (C=O) groups is 2. The molecule has 0 aliphatic carbocycles. The molecule has 1 aromatic carbocycles. The molecular weight excluding hydrogens is 378 g/mol. The standard InChI is InChI=1S/C20H20ClN5O2/c1-2-18(27)26-8-5-13-3-4-14(9-17(13)26)19(28)25-7-6-16(12-25)24-20-22-10-15(21)11-23-20/h2-4,9-11,16H,1,5-8,12H2,(H,22,23,24). The summed E-state index contributed by atoms with van der Waals surface area (Å²) in [5, 5.41) is 3.72. The molecule has 1 unspecified atom stereocenters. The van der Waals surface area contributed by atoms with Gasteiger partial charge >= 0.3 is 0 Å². The van der Waals surface area contributed by atoms with Crippen molar-refractivity contribution >= 4 is 35.1 Å². The fourth-order valence-corrected chi connectivity index (χ4v) is 3.76. The van der Waals surface area contributed by atoms with E-state index in [0.717, 1.165) is 24.1 Å². The van der Waals surface area contributed by atoms with Crippen molar-refractivity contribution in [2.24, 2.45) is 0 Å². The molecule has 2 aliphatic rings. The van der Waals surface area contributed by atoms with E-state index < -0.39 is 0 Å². The van der Waals surface area contributed by atoms with Gasteiger partial charge in [-0.05, 0) is 36.6 Å². The number of benzene rings is 1. The van der Waals surface area contributed by atoms with E-state index in [2.05, 4.69) is 21.9 Å². The maximum Gasteiger partial charge on any atom is 0.254 e. The molecule has 4 rings (SSSR count). The van der Waals surface area contributed by atoms with Gasteiger partial charge in [-0.3, -0.25) is 9.59 Å². The van der Waals surface area contributed by atoms with Crippen LogP contribution in [0.1, 0.15) is 22.3 Å². The molecule has 1 N–H and O–H groups in total. The van der Waals surface area contributed by atoms with Gasteiger partial charge in [0.25, 0.3) is 5.91 Å². The van der Waals surface area contributed by atoms with Crippen LogP contribution >= 0.6 is 11.6 Å². The molecule has 2 aromatic rings. The Morgan fingerprint density at radius 2 is 2.04 bits per heavy atom. The minimum atomic E-state index is -0.142. The summed E-state index contributed by atoms with van der Waals surface area (Å²) >= 11 is 5.80. The summed E-state index contributed by atoms with van der Waals surface area (Å²) in [6.07, 6.45) is 5.98. The van der Waals surface area contributed by atoms with Gasteiger partial charge in [0.05, 0.1) is 17.4 Å². The molecule has 28 heavy (non-hydrogen) atoms. The Labute approximate surface area is 168 Å². The quantitative estimate of drug-likeness (QED) is 0.802. The number of anilines is 2. The number of carbonyl (C=O) groups excluding carboxylic acids is 2. The van der Waals surface area contributed by atoms with E-state index in [1.807, 2.05) is 23.1 Å². The predicted octanol–water partition coefficient (Wildman–Crippen LogP) is 2.53. The minimum Gasteiger partial charge on any atom is -0.350 e. The van der Waals surface area contributed by atoms with Gasteiger partial charge < -0.3 is 15.1 Å². The molecule has 0 saturated carbocycles. The number of rotatable bonds is 4. The van der Waals surface area contributed by atoms with E-state index in [4.69, 9.17) is 11.6 Å². The molecule has 0 spiro atoms. The Balaban J connectivity index is 1.45. The zero-order valence-corrected chi connectivity index (χ0v) is 16.0. The van der Waals surface area contributed by atoms with Crippen LogP contribution in [0.2, 0.25) is 5.02 Å². The Hall–Kier alpha value is -2.93. The highest BCUT2D eigenvalue weighted by Gasteiger charge is 2.29. The number of nitrogens with one attached hydrogen (secondary N) is 1. The van der Waals surface area contributed by atoms with Crippen LogP contribution in [0.3, 0.4) is 0 Å². The third kappa shape index (κ3) is 3.57. The van der Waals surface area contributed by atoms with Gasteiger partial charge in [-0.2, -0.15) is 0 Å². The van der Waals surface area contributed by atoms with E-state index in [1.54, 1.807) is 4.90 Å². The lowest BCUT2D eigenvalue weighted by atomic mass is 10.1. The third-order valence-corrected chi connectivity index (χ3v) is 5.29. The fourth-order valence-electron chi connectivity index (χ4n) is 3.67. The van der Waals surface area contributed by atoms with E-state index in [-0.39, 0.29) is 17.9 Å². The molecule has 0 radical (unpaired) electrons. The lowest BCUT2D eigenvalue weighted by Crippen LogP contribution is -2.32. The molecule has 144 valence electrons. The average Bonchev–Trinajstić information content (AvgIpc) is 3.35. The van der Waals surface area contributed by atoms with Gasteiger partial charge in [0.1, 0.15) is 0 Å². The first kappa shape index (κ1) is 18.4. The predicted molar refractivity (Wildman–Crippen MR) is 108 cm³/mol. The summed E-state index contributed by atoms with van der Waals surface area (Å²) in [7, 11) is 0. The van der Waals surface area contributed by atoms with E-state index >= 15 is 0 Å². The topological polar surface area (TPSA) is 78.4 Å². The van der Waals surface area contributed by atoms with Crippen LogP contribution in [0.5, 0.6) is 0 Å². The van der Waals surface area contributed by atoms with Crippen LogP contribution in [0, 0.1) is 0 Å². The van der Waals surface area contributed by atoms with Crippen LogP contribution in [0.4, 0.5) is 11.6 Å². The normalized spacial score (nSPS) is 18.1. The SMILES string of the molecule is C=CC(=O)N1CCc2ccc(C(=O)N3CCC(Nc4ncc(Cl)cn4)C3)cc21. The van der Waals surface area contributed by atoms with Crippen molar-refractivity contribution in [2.45, 2.75) is 18.9 Å². The van der Waals surface area contributed by atoms with Crippen LogP contribution in [-0.4, -0.2) is 52.4 Å². The van der Waals surface area contributed by atoms with Crippen molar-refractivity contribution in [1.82, 2.24) is 14.9 Å². The number of amides is 2. The second-order valence-corrected chi connectivity index (χ2v) is 7.33. The first-order valence-corrected chi connectivity index (χ1v) is 9.53. The second-order valence-electron chi connectivity index (χ2n) is 6.89. The number of fused-ring (bicyclic) bond motifs is 1. The number of aromatic nitrogens is 2. The first-order chi connectivity index (χ1) is 13.5. The zero-order valence-electron chi connectivity index (χ0n) is 15.3. The maximum absolute atomic E-state index is 13.0. The largest absolute Gasteiger partial charge is 0.350 e. The van der Waals surface area contributed by atoms with E-state index in [9.17, 15) is 9.59 Å². The molecule has 0 bridgehead atoms. The molecule has 1 fully saturated rings. The Morgan fingerprint density at radius 3 is 2.79 bits per heavy atom. The van der Waals surface area contributed by atoms with Gasteiger partial charge in [0.2, 0.25) is 11.9 Å². The van der Waals surface area contributed by atoms with Crippen molar-refractivity contribution < 1.29 is 9.59 Å². The monoisotopic (exact) mass is 397 g/mol. The van der Waals surface area contributed by atoms with Gasteiger partial charge in [-0.15, -0.1) is 0 Å². The summed E-state index contributed by atoms with van der Waals surface area (Å²) in [6.45, 7) is 5.39. The van der Waals surface area contributed by atoms with E-state index in [1.165, 1.54) is 18.5 Å². The average molecular weight is 398 g/mol. The van der Waals surface area contributed by atoms with Gasteiger partial charge in [-0.25, -0.2) is 9.97 Å². The Morgan fingerprint density at radius 1 is 1.25 bits per heavy atom. The first-order valence-electron chi connectivity index (χ1n) is 9.15. The molecule has 1 atom stereocenters. The third-order valence-electron chi connectivity index (χ3n) is 5.10. The molecule has 8 heteroatoms. The van der Waals surface area contributed by atoms with Crippen molar-refractivity contribution in [3.05, 3.63) is 59.4 Å². The number of hydrogen-bond donors (Lipinski definition) is 1. The lowest BCUT2D eigenvalue weighted by molar-refractivity contribution is -0.114. The Kier molecular flexibility index (Phi) is 5.00. The molecule has 2 aliphatic heterocycles. The van der Waals surface area contributed by atoms with Gasteiger partial charge in [-0.1, -0.05) is 24.2 Å². The van der Waals surface area contributed by atoms with Gasteiger partial charge in [0, 0.05) is 36.9 Å². The second kappa shape index (κ2) is 7.59. The summed E-state index contributed by atoms with van der Waals surface area (Å²) < 4.78 is 0. The summed E-state index contributed by atoms with van der Waals surface area (Å²) in [5.74, 6) is 0.318.